The largest absolute Gasteiger partial charge is 0.481 e. The van der Waals surface area contributed by atoms with Crippen molar-refractivity contribution >= 4 is 17.7 Å². The first-order chi connectivity index (χ1) is 7.69. The highest BCUT2D eigenvalue weighted by Crippen LogP contribution is 2.16. The maximum Gasteiger partial charge on any atom is 0.313 e. The van der Waals surface area contributed by atoms with Crippen molar-refractivity contribution < 1.29 is 14.6 Å². The first kappa shape index (κ1) is 13.0. The average molecular weight is 245 g/mol. The quantitative estimate of drug-likeness (QED) is 0.711. The minimum atomic E-state index is -0.857. The third-order valence-electron chi connectivity index (χ3n) is 1.95. The van der Waals surface area contributed by atoms with Gasteiger partial charge in [-0.05, 0) is 0 Å². The van der Waals surface area contributed by atoms with Crippen LogP contribution in [-0.2, 0) is 22.5 Å². The number of nitrogens with zero attached hydrogens (tertiary/aromatic N) is 3. The minimum Gasteiger partial charge on any atom is -0.481 e. The maximum atomic E-state index is 10.5. The fourth-order valence-electron chi connectivity index (χ4n) is 1.22. The predicted molar refractivity (Wildman–Crippen MR) is 59.6 cm³/mol. The number of ether oxygens (including phenoxy) is 1. The molecule has 0 atom stereocenters. The summed E-state index contributed by atoms with van der Waals surface area (Å²) in [7, 11) is 1.63. The summed E-state index contributed by atoms with van der Waals surface area (Å²) < 4.78 is 6.89. The number of aryl methyl sites for hydroxylation is 1. The van der Waals surface area contributed by atoms with E-state index in [9.17, 15) is 4.79 Å². The van der Waals surface area contributed by atoms with Gasteiger partial charge in [0.2, 0.25) is 0 Å². The van der Waals surface area contributed by atoms with Crippen molar-refractivity contribution in [2.75, 3.05) is 19.5 Å². The van der Waals surface area contributed by atoms with E-state index in [4.69, 9.17) is 9.84 Å². The first-order valence-electron chi connectivity index (χ1n) is 4.94. The van der Waals surface area contributed by atoms with Crippen LogP contribution < -0.4 is 0 Å². The molecule has 90 valence electrons. The zero-order valence-corrected chi connectivity index (χ0v) is 10.2. The van der Waals surface area contributed by atoms with Crippen LogP contribution in [-0.4, -0.2) is 45.3 Å². The van der Waals surface area contributed by atoms with Gasteiger partial charge in [-0.3, -0.25) is 4.79 Å². The third kappa shape index (κ3) is 3.49. The van der Waals surface area contributed by atoms with Gasteiger partial charge in [0.15, 0.2) is 5.16 Å². The van der Waals surface area contributed by atoms with E-state index in [2.05, 4.69) is 10.2 Å². The van der Waals surface area contributed by atoms with E-state index >= 15 is 0 Å². The van der Waals surface area contributed by atoms with Crippen LogP contribution in [0, 0.1) is 0 Å². The Kier molecular flexibility index (Phi) is 5.27. The molecule has 7 heteroatoms. The molecule has 0 aliphatic carbocycles. The summed E-state index contributed by atoms with van der Waals surface area (Å²) in [6.45, 7) is 3.19. The van der Waals surface area contributed by atoms with Crippen LogP contribution in [0.2, 0.25) is 0 Å². The van der Waals surface area contributed by atoms with Crippen molar-refractivity contribution in [1.82, 2.24) is 14.8 Å². The lowest BCUT2D eigenvalue weighted by molar-refractivity contribution is -0.133. The second kappa shape index (κ2) is 6.49. The highest BCUT2D eigenvalue weighted by atomic mass is 32.2. The first-order valence-corrected chi connectivity index (χ1v) is 5.93. The molecule has 0 aliphatic rings. The van der Waals surface area contributed by atoms with Crippen LogP contribution in [0.25, 0.3) is 0 Å². The minimum absolute atomic E-state index is 0.00513. The van der Waals surface area contributed by atoms with Gasteiger partial charge in [0, 0.05) is 20.1 Å². The lowest BCUT2D eigenvalue weighted by Gasteiger charge is -2.07. The second-order valence-corrected chi connectivity index (χ2v) is 4.02. The van der Waals surface area contributed by atoms with Crippen LogP contribution >= 0.6 is 11.8 Å². The summed E-state index contributed by atoms with van der Waals surface area (Å²) in [5.74, 6) is -0.0104. The van der Waals surface area contributed by atoms with Crippen molar-refractivity contribution in [2.45, 2.75) is 25.0 Å². The van der Waals surface area contributed by atoms with Crippen LogP contribution in [0.5, 0.6) is 0 Å². The van der Waals surface area contributed by atoms with Gasteiger partial charge in [-0.15, -0.1) is 10.2 Å². The summed E-state index contributed by atoms with van der Waals surface area (Å²) in [6, 6.07) is 0. The molecule has 0 radical (unpaired) electrons. The van der Waals surface area contributed by atoms with Gasteiger partial charge in [0.05, 0.1) is 12.4 Å². The Morgan fingerprint density at radius 3 is 2.88 bits per heavy atom. The van der Waals surface area contributed by atoms with E-state index in [1.165, 1.54) is 11.8 Å². The number of carboxylic acid groups (broad SMARTS) is 1. The Balaban J connectivity index is 2.73. The zero-order valence-electron chi connectivity index (χ0n) is 9.34. The highest BCUT2D eigenvalue weighted by molar-refractivity contribution is 7.99. The molecule has 0 unspecified atom stereocenters. The normalized spacial score (nSPS) is 10.6. The molecule has 0 spiro atoms. The summed E-state index contributed by atoms with van der Waals surface area (Å²) in [6.07, 6.45) is 0.768. The molecule has 1 N–H and O–H groups in total. The summed E-state index contributed by atoms with van der Waals surface area (Å²) >= 11 is 1.18. The van der Waals surface area contributed by atoms with Crippen LogP contribution in [0.1, 0.15) is 12.7 Å². The smallest absolute Gasteiger partial charge is 0.313 e. The molecule has 0 saturated heterocycles. The number of aliphatic carboxylic acids is 1. The van der Waals surface area contributed by atoms with Crippen molar-refractivity contribution in [2.24, 2.45) is 0 Å². The third-order valence-corrected chi connectivity index (χ3v) is 2.90. The number of aromatic nitrogens is 3. The standard InChI is InChI=1S/C9H15N3O3S/c1-3-7-10-11-9(16-6-8(13)14)12(7)4-5-15-2/h3-6H2,1-2H3,(H,13,14). The molecule has 0 aliphatic heterocycles. The molecule has 0 amide bonds. The second-order valence-electron chi connectivity index (χ2n) is 3.08. The van der Waals surface area contributed by atoms with Crippen LogP contribution in [0.3, 0.4) is 0 Å². The Morgan fingerprint density at radius 1 is 1.56 bits per heavy atom. The van der Waals surface area contributed by atoms with E-state index in [0.29, 0.717) is 18.3 Å². The van der Waals surface area contributed by atoms with Crippen LogP contribution in [0.4, 0.5) is 0 Å². The molecular formula is C9H15N3O3S. The number of thioether (sulfide) groups is 1. The lowest BCUT2D eigenvalue weighted by Crippen LogP contribution is -2.10. The van der Waals surface area contributed by atoms with Gasteiger partial charge in [-0.25, -0.2) is 0 Å². The summed E-state index contributed by atoms with van der Waals surface area (Å²) in [4.78, 5) is 10.5. The molecular weight excluding hydrogens is 230 g/mol. The summed E-state index contributed by atoms with van der Waals surface area (Å²) in [5.41, 5.74) is 0. The fourth-order valence-corrected chi connectivity index (χ4v) is 1.92. The van der Waals surface area contributed by atoms with E-state index in [0.717, 1.165) is 12.2 Å². The Labute approximate surface area is 98.0 Å². The SMILES string of the molecule is CCc1nnc(SCC(=O)O)n1CCOC. The lowest BCUT2D eigenvalue weighted by atomic mass is 10.4. The maximum absolute atomic E-state index is 10.5. The van der Waals surface area contributed by atoms with Crippen molar-refractivity contribution in [3.8, 4) is 0 Å². The number of carbonyl (C=O) groups is 1. The van der Waals surface area contributed by atoms with Gasteiger partial charge in [-0.2, -0.15) is 0 Å². The molecule has 1 aromatic rings. The summed E-state index contributed by atoms with van der Waals surface area (Å²) in [5, 5.41) is 17.2. The molecule has 1 aromatic heterocycles. The number of rotatable bonds is 7. The molecule has 1 heterocycles. The van der Waals surface area contributed by atoms with Gasteiger partial charge in [0.25, 0.3) is 0 Å². The van der Waals surface area contributed by atoms with Crippen molar-refractivity contribution in [1.29, 1.82) is 0 Å². The monoisotopic (exact) mass is 245 g/mol. The topological polar surface area (TPSA) is 77.2 Å². The van der Waals surface area contributed by atoms with E-state index < -0.39 is 5.97 Å². The Morgan fingerprint density at radius 2 is 2.31 bits per heavy atom. The number of hydrogen-bond acceptors (Lipinski definition) is 5. The zero-order chi connectivity index (χ0) is 12.0. The molecule has 0 fully saturated rings. The van der Waals surface area contributed by atoms with E-state index in [1.54, 1.807) is 7.11 Å². The van der Waals surface area contributed by atoms with Gasteiger partial charge in [0.1, 0.15) is 5.82 Å². The predicted octanol–water partition coefficient (Wildman–Crippen LogP) is 0.664. The fraction of sp³-hybridized carbons (Fsp3) is 0.667. The number of hydrogen-bond donors (Lipinski definition) is 1. The Bertz CT molecular complexity index is 354. The van der Waals surface area contributed by atoms with Crippen molar-refractivity contribution in [3.05, 3.63) is 5.82 Å². The molecule has 6 nitrogen and oxygen atoms in total. The Hall–Kier alpha value is -1.08. The van der Waals surface area contributed by atoms with Gasteiger partial charge >= 0.3 is 5.97 Å². The van der Waals surface area contributed by atoms with Gasteiger partial charge in [-0.1, -0.05) is 18.7 Å². The molecule has 1 rings (SSSR count). The van der Waals surface area contributed by atoms with E-state index in [1.807, 2.05) is 11.5 Å². The highest BCUT2D eigenvalue weighted by Gasteiger charge is 2.12. The number of carboxylic acids is 1. The average Bonchev–Trinajstić information content (AvgIpc) is 2.65. The van der Waals surface area contributed by atoms with E-state index in [-0.39, 0.29) is 5.75 Å². The van der Waals surface area contributed by atoms with Gasteiger partial charge < -0.3 is 14.4 Å². The molecule has 16 heavy (non-hydrogen) atoms. The van der Waals surface area contributed by atoms with Crippen molar-refractivity contribution in [3.63, 3.8) is 0 Å². The van der Waals surface area contributed by atoms with Crippen LogP contribution in [0.15, 0.2) is 5.16 Å². The molecule has 0 saturated carbocycles. The molecule has 0 bridgehead atoms. The molecule has 0 aromatic carbocycles. The number of methoxy groups -OCH3 is 1.